The molecule has 3 atom stereocenters. The quantitative estimate of drug-likeness (QED) is 0.570. The Bertz CT molecular complexity index is 336. The van der Waals surface area contributed by atoms with Gasteiger partial charge in [0.25, 0.3) is 0 Å². The normalized spacial score (nSPS) is 22.8. The van der Waals surface area contributed by atoms with Crippen LogP contribution in [0.4, 0.5) is 4.79 Å². The van der Waals surface area contributed by atoms with Crippen molar-refractivity contribution in [1.82, 2.24) is 10.6 Å². The van der Waals surface area contributed by atoms with Crippen molar-refractivity contribution in [1.29, 1.82) is 0 Å². The van der Waals surface area contributed by atoms with Gasteiger partial charge < -0.3 is 20.5 Å². The maximum Gasteiger partial charge on any atom is 0.332 e. The zero-order valence-electron chi connectivity index (χ0n) is 13.1. The van der Waals surface area contributed by atoms with E-state index in [1.165, 1.54) is 19.3 Å². The van der Waals surface area contributed by atoms with Gasteiger partial charge in [-0.3, -0.25) is 0 Å². The molecule has 0 aliphatic carbocycles. The molecule has 2 amide bonds. The van der Waals surface area contributed by atoms with Crippen LogP contribution in [0.2, 0.25) is 0 Å². The van der Waals surface area contributed by atoms with Gasteiger partial charge in [-0.15, -0.1) is 0 Å². The number of carboxylic acids is 1. The van der Waals surface area contributed by atoms with E-state index in [9.17, 15) is 9.59 Å². The molecule has 6 heteroatoms. The van der Waals surface area contributed by atoms with Gasteiger partial charge in [0.05, 0.1) is 6.10 Å². The lowest BCUT2D eigenvalue weighted by atomic mass is 10.1. The van der Waals surface area contributed by atoms with E-state index in [0.29, 0.717) is 19.4 Å². The van der Waals surface area contributed by atoms with Crippen LogP contribution in [0.1, 0.15) is 58.8 Å². The number of rotatable bonds is 9. The van der Waals surface area contributed by atoms with Crippen LogP contribution >= 0.6 is 0 Å². The minimum absolute atomic E-state index is 0.151. The Balaban J connectivity index is 2.09. The summed E-state index contributed by atoms with van der Waals surface area (Å²) in [6.45, 7) is 4.53. The molecule has 6 nitrogen and oxygen atoms in total. The Labute approximate surface area is 126 Å². The number of hydrogen-bond acceptors (Lipinski definition) is 3. The Morgan fingerprint density at radius 3 is 2.67 bits per heavy atom. The first-order chi connectivity index (χ1) is 10.0. The SMILES string of the molecule is CCCCCCC(C)NC(=O)NCC1CCC(C(=O)O)O1. The molecule has 0 aromatic rings. The minimum atomic E-state index is -0.928. The number of nitrogens with one attached hydrogen (secondary N) is 2. The first-order valence-corrected chi connectivity index (χ1v) is 7.95. The van der Waals surface area contributed by atoms with Crippen molar-refractivity contribution in [3.8, 4) is 0 Å². The molecule has 0 aromatic heterocycles. The molecule has 0 saturated carbocycles. The largest absolute Gasteiger partial charge is 0.479 e. The molecule has 3 unspecified atom stereocenters. The van der Waals surface area contributed by atoms with E-state index in [2.05, 4.69) is 17.6 Å². The third-order valence-corrected chi connectivity index (χ3v) is 3.74. The number of amides is 2. The standard InChI is InChI=1S/C15H28N2O4/c1-3-4-5-6-7-11(2)17-15(20)16-10-12-8-9-13(21-12)14(18)19/h11-13H,3-10H2,1-2H3,(H,18,19)(H2,16,17,20). The summed E-state index contributed by atoms with van der Waals surface area (Å²) < 4.78 is 5.33. The molecule has 3 N–H and O–H groups in total. The smallest absolute Gasteiger partial charge is 0.332 e. The van der Waals surface area contributed by atoms with Gasteiger partial charge in [-0.05, 0) is 26.2 Å². The summed E-state index contributed by atoms with van der Waals surface area (Å²) in [6.07, 6.45) is 6.02. The number of hydrogen-bond donors (Lipinski definition) is 3. The first-order valence-electron chi connectivity index (χ1n) is 7.95. The fourth-order valence-electron chi connectivity index (χ4n) is 2.47. The van der Waals surface area contributed by atoms with Crippen molar-refractivity contribution in [2.24, 2.45) is 0 Å². The number of urea groups is 1. The summed E-state index contributed by atoms with van der Waals surface area (Å²) >= 11 is 0. The lowest BCUT2D eigenvalue weighted by Crippen LogP contribution is -2.43. The number of unbranched alkanes of at least 4 members (excludes halogenated alkanes) is 3. The van der Waals surface area contributed by atoms with E-state index >= 15 is 0 Å². The van der Waals surface area contributed by atoms with Crippen LogP contribution in [0.5, 0.6) is 0 Å². The van der Waals surface area contributed by atoms with Crippen LogP contribution in [-0.2, 0) is 9.53 Å². The molecule has 1 aliphatic heterocycles. The summed E-state index contributed by atoms with van der Waals surface area (Å²) in [5, 5.41) is 14.5. The fourth-order valence-corrected chi connectivity index (χ4v) is 2.47. The maximum atomic E-state index is 11.7. The number of carbonyl (C=O) groups is 2. The molecule has 1 aliphatic rings. The van der Waals surface area contributed by atoms with Crippen LogP contribution in [0.3, 0.4) is 0 Å². The molecule has 1 saturated heterocycles. The van der Waals surface area contributed by atoms with Crippen molar-refractivity contribution in [3.05, 3.63) is 0 Å². The molecular formula is C15H28N2O4. The summed E-state index contributed by atoms with van der Waals surface area (Å²) in [5.74, 6) is -0.928. The number of ether oxygens (including phenoxy) is 1. The third-order valence-electron chi connectivity index (χ3n) is 3.74. The summed E-state index contributed by atoms with van der Waals surface area (Å²) in [4.78, 5) is 22.5. The summed E-state index contributed by atoms with van der Waals surface area (Å²) in [6, 6.07) is -0.0570. The average Bonchev–Trinajstić information content (AvgIpc) is 2.90. The van der Waals surface area contributed by atoms with Gasteiger partial charge in [0.15, 0.2) is 6.10 Å². The monoisotopic (exact) mass is 300 g/mol. The zero-order valence-corrected chi connectivity index (χ0v) is 13.1. The van der Waals surface area contributed by atoms with Gasteiger partial charge in [0, 0.05) is 12.6 Å². The van der Waals surface area contributed by atoms with Crippen LogP contribution < -0.4 is 10.6 Å². The van der Waals surface area contributed by atoms with Gasteiger partial charge in [0.2, 0.25) is 0 Å². The van der Waals surface area contributed by atoms with E-state index in [0.717, 1.165) is 12.8 Å². The molecule has 0 bridgehead atoms. The van der Waals surface area contributed by atoms with E-state index in [-0.39, 0.29) is 18.2 Å². The number of aliphatic carboxylic acids is 1. The van der Waals surface area contributed by atoms with Crippen molar-refractivity contribution in [2.75, 3.05) is 6.54 Å². The second-order valence-electron chi connectivity index (χ2n) is 5.77. The van der Waals surface area contributed by atoms with Crippen LogP contribution in [-0.4, -0.2) is 41.9 Å². The molecule has 1 fully saturated rings. The highest BCUT2D eigenvalue weighted by Crippen LogP contribution is 2.19. The molecule has 0 aromatic carbocycles. The fraction of sp³-hybridized carbons (Fsp3) is 0.867. The van der Waals surface area contributed by atoms with Gasteiger partial charge >= 0.3 is 12.0 Å². The number of carbonyl (C=O) groups excluding carboxylic acids is 1. The minimum Gasteiger partial charge on any atom is -0.479 e. The van der Waals surface area contributed by atoms with Crippen molar-refractivity contribution >= 4 is 12.0 Å². The first kappa shape index (κ1) is 17.8. The Morgan fingerprint density at radius 2 is 2.05 bits per heavy atom. The average molecular weight is 300 g/mol. The van der Waals surface area contributed by atoms with Gasteiger partial charge in [-0.25, -0.2) is 9.59 Å². The van der Waals surface area contributed by atoms with E-state index in [4.69, 9.17) is 9.84 Å². The topological polar surface area (TPSA) is 87.7 Å². The molecular weight excluding hydrogens is 272 g/mol. The summed E-state index contributed by atoms with van der Waals surface area (Å²) in [7, 11) is 0. The highest BCUT2D eigenvalue weighted by atomic mass is 16.5. The van der Waals surface area contributed by atoms with Gasteiger partial charge in [0.1, 0.15) is 0 Å². The van der Waals surface area contributed by atoms with Crippen LogP contribution in [0.25, 0.3) is 0 Å². The summed E-state index contributed by atoms with van der Waals surface area (Å²) in [5.41, 5.74) is 0. The molecule has 0 radical (unpaired) electrons. The van der Waals surface area contributed by atoms with Crippen molar-refractivity contribution < 1.29 is 19.4 Å². The van der Waals surface area contributed by atoms with E-state index in [1.54, 1.807) is 0 Å². The molecule has 0 spiro atoms. The lowest BCUT2D eigenvalue weighted by molar-refractivity contribution is -0.149. The predicted molar refractivity (Wildman–Crippen MR) is 80.3 cm³/mol. The van der Waals surface area contributed by atoms with Crippen LogP contribution in [0.15, 0.2) is 0 Å². The van der Waals surface area contributed by atoms with Gasteiger partial charge in [-0.1, -0.05) is 32.6 Å². The molecule has 21 heavy (non-hydrogen) atoms. The lowest BCUT2D eigenvalue weighted by Gasteiger charge is -2.16. The second kappa shape index (κ2) is 9.60. The number of carboxylic acid groups (broad SMARTS) is 1. The Morgan fingerprint density at radius 1 is 1.29 bits per heavy atom. The highest BCUT2D eigenvalue weighted by Gasteiger charge is 2.30. The molecule has 1 rings (SSSR count). The Kier molecular flexibility index (Phi) is 8.12. The molecule has 1 heterocycles. The van der Waals surface area contributed by atoms with Crippen molar-refractivity contribution in [2.45, 2.75) is 77.0 Å². The molecule has 122 valence electrons. The van der Waals surface area contributed by atoms with E-state index < -0.39 is 12.1 Å². The van der Waals surface area contributed by atoms with Crippen molar-refractivity contribution in [3.63, 3.8) is 0 Å². The third kappa shape index (κ3) is 7.32. The van der Waals surface area contributed by atoms with E-state index in [1.807, 2.05) is 6.92 Å². The second-order valence-corrected chi connectivity index (χ2v) is 5.77. The predicted octanol–water partition coefficient (Wildman–Crippen LogP) is 2.28. The highest BCUT2D eigenvalue weighted by molar-refractivity contribution is 5.74. The van der Waals surface area contributed by atoms with Crippen LogP contribution in [0, 0.1) is 0 Å². The van der Waals surface area contributed by atoms with Gasteiger partial charge in [-0.2, -0.15) is 0 Å². The zero-order chi connectivity index (χ0) is 15.7. The Hall–Kier alpha value is -1.30. The maximum absolute atomic E-state index is 11.7.